The van der Waals surface area contributed by atoms with Gasteiger partial charge in [0.05, 0.1) is 16.1 Å². The van der Waals surface area contributed by atoms with E-state index < -0.39 is 5.97 Å². The van der Waals surface area contributed by atoms with Crippen molar-refractivity contribution in [2.45, 2.75) is 0 Å². The second-order valence-corrected chi connectivity index (χ2v) is 5.08. The van der Waals surface area contributed by atoms with Crippen LogP contribution in [0.3, 0.4) is 0 Å². The predicted octanol–water partition coefficient (Wildman–Crippen LogP) is 3.80. The molecule has 0 saturated carbocycles. The van der Waals surface area contributed by atoms with Crippen LogP contribution >= 0.6 is 11.3 Å². The number of carbonyl (C=O) groups is 1. The van der Waals surface area contributed by atoms with Gasteiger partial charge < -0.3 is 5.11 Å². The molecule has 0 aliphatic carbocycles. The summed E-state index contributed by atoms with van der Waals surface area (Å²) in [5.74, 6) is -1.29. The number of nitrogens with zero attached hydrogens (tertiary/aromatic N) is 1. The van der Waals surface area contributed by atoms with Crippen molar-refractivity contribution in [2.24, 2.45) is 0 Å². The SMILES string of the molecule is O=C(O)c1ccnc(-c2cc3c(F)cccc3s2)c1. The Hall–Kier alpha value is -2.27. The Balaban J connectivity index is 2.16. The van der Waals surface area contributed by atoms with Crippen molar-refractivity contribution in [3.8, 4) is 10.6 Å². The average molecular weight is 273 g/mol. The number of rotatable bonds is 2. The molecular formula is C14H8FNO2S. The highest BCUT2D eigenvalue weighted by Gasteiger charge is 2.10. The Labute approximate surface area is 112 Å². The molecule has 3 aromatic rings. The van der Waals surface area contributed by atoms with E-state index in [-0.39, 0.29) is 11.4 Å². The molecular weight excluding hydrogens is 265 g/mol. The van der Waals surface area contributed by atoms with Crippen molar-refractivity contribution in [1.29, 1.82) is 0 Å². The summed E-state index contributed by atoms with van der Waals surface area (Å²) in [6.45, 7) is 0. The number of thiophene rings is 1. The molecule has 0 atom stereocenters. The lowest BCUT2D eigenvalue weighted by Crippen LogP contribution is -1.96. The van der Waals surface area contributed by atoms with Crippen LogP contribution in [0.5, 0.6) is 0 Å². The highest BCUT2D eigenvalue weighted by Crippen LogP contribution is 2.33. The van der Waals surface area contributed by atoms with Gasteiger partial charge in [-0.3, -0.25) is 4.98 Å². The molecule has 94 valence electrons. The second-order valence-electron chi connectivity index (χ2n) is 4.00. The summed E-state index contributed by atoms with van der Waals surface area (Å²) in [4.78, 5) is 15.8. The van der Waals surface area contributed by atoms with Crippen molar-refractivity contribution in [1.82, 2.24) is 4.98 Å². The van der Waals surface area contributed by atoms with Gasteiger partial charge in [-0.25, -0.2) is 9.18 Å². The van der Waals surface area contributed by atoms with Gasteiger partial charge in [-0.2, -0.15) is 0 Å². The standard InChI is InChI=1S/C14H8FNO2S/c15-10-2-1-3-12-9(10)7-13(19-12)11-6-8(14(17)18)4-5-16-11/h1-7H,(H,17,18). The van der Waals surface area contributed by atoms with E-state index in [1.54, 1.807) is 12.1 Å². The summed E-state index contributed by atoms with van der Waals surface area (Å²) in [5.41, 5.74) is 0.712. The first-order valence-corrected chi connectivity index (χ1v) is 6.34. The second kappa shape index (κ2) is 4.44. The van der Waals surface area contributed by atoms with E-state index in [0.29, 0.717) is 11.1 Å². The summed E-state index contributed by atoms with van der Waals surface area (Å²) in [6.07, 6.45) is 1.44. The third-order valence-corrected chi connectivity index (χ3v) is 3.89. The highest BCUT2D eigenvalue weighted by atomic mass is 32.1. The van der Waals surface area contributed by atoms with Crippen molar-refractivity contribution in [3.05, 3.63) is 54.0 Å². The van der Waals surface area contributed by atoms with Crippen LogP contribution in [0.1, 0.15) is 10.4 Å². The van der Waals surface area contributed by atoms with Gasteiger partial charge in [0.2, 0.25) is 0 Å². The predicted molar refractivity (Wildman–Crippen MR) is 72.0 cm³/mol. The number of carboxylic acids is 1. The molecule has 0 spiro atoms. The molecule has 19 heavy (non-hydrogen) atoms. The summed E-state index contributed by atoms with van der Waals surface area (Å²) in [6, 6.07) is 9.50. The zero-order chi connectivity index (χ0) is 13.4. The summed E-state index contributed by atoms with van der Waals surface area (Å²) in [7, 11) is 0. The fourth-order valence-electron chi connectivity index (χ4n) is 1.85. The van der Waals surface area contributed by atoms with E-state index in [1.165, 1.54) is 35.7 Å². The van der Waals surface area contributed by atoms with E-state index in [0.717, 1.165) is 9.58 Å². The van der Waals surface area contributed by atoms with E-state index in [1.807, 2.05) is 6.07 Å². The van der Waals surface area contributed by atoms with Gasteiger partial charge in [0, 0.05) is 16.3 Å². The van der Waals surface area contributed by atoms with Crippen LogP contribution in [0.2, 0.25) is 0 Å². The smallest absolute Gasteiger partial charge is 0.335 e. The number of carboxylic acid groups (broad SMARTS) is 1. The molecule has 0 aliphatic rings. The maximum Gasteiger partial charge on any atom is 0.335 e. The van der Waals surface area contributed by atoms with Crippen LogP contribution in [0, 0.1) is 5.82 Å². The maximum absolute atomic E-state index is 13.6. The zero-order valence-electron chi connectivity index (χ0n) is 9.63. The molecule has 0 radical (unpaired) electrons. The van der Waals surface area contributed by atoms with Gasteiger partial charge in [0.15, 0.2) is 0 Å². The topological polar surface area (TPSA) is 50.2 Å². The van der Waals surface area contributed by atoms with E-state index in [2.05, 4.69) is 4.98 Å². The molecule has 1 aromatic carbocycles. The molecule has 2 heterocycles. The zero-order valence-corrected chi connectivity index (χ0v) is 10.4. The lowest BCUT2D eigenvalue weighted by atomic mass is 10.2. The van der Waals surface area contributed by atoms with E-state index in [4.69, 9.17) is 5.11 Å². The Morgan fingerprint density at radius 3 is 2.84 bits per heavy atom. The normalized spacial score (nSPS) is 10.8. The Kier molecular flexibility index (Phi) is 2.76. The first-order chi connectivity index (χ1) is 9.15. The molecule has 0 bridgehead atoms. The highest BCUT2D eigenvalue weighted by molar-refractivity contribution is 7.22. The molecule has 5 heteroatoms. The first kappa shape index (κ1) is 11.8. The first-order valence-electron chi connectivity index (χ1n) is 5.53. The Bertz CT molecular complexity index is 782. The van der Waals surface area contributed by atoms with Crippen LogP contribution < -0.4 is 0 Å². The lowest BCUT2D eigenvalue weighted by molar-refractivity contribution is 0.0697. The molecule has 0 saturated heterocycles. The molecule has 0 aliphatic heterocycles. The summed E-state index contributed by atoms with van der Waals surface area (Å²) >= 11 is 1.39. The van der Waals surface area contributed by atoms with Crippen LogP contribution in [-0.4, -0.2) is 16.1 Å². The number of pyridine rings is 1. The third kappa shape index (κ3) is 2.08. The number of aromatic nitrogens is 1. The van der Waals surface area contributed by atoms with Gasteiger partial charge in [-0.1, -0.05) is 6.07 Å². The number of hydrogen-bond donors (Lipinski definition) is 1. The summed E-state index contributed by atoms with van der Waals surface area (Å²) in [5, 5.41) is 9.49. The van der Waals surface area contributed by atoms with Crippen LogP contribution in [0.25, 0.3) is 20.7 Å². The fourth-order valence-corrected chi connectivity index (χ4v) is 2.89. The molecule has 0 fully saturated rings. The van der Waals surface area contributed by atoms with E-state index >= 15 is 0 Å². The number of hydrogen-bond acceptors (Lipinski definition) is 3. The minimum absolute atomic E-state index is 0.169. The van der Waals surface area contributed by atoms with Crippen molar-refractivity contribution >= 4 is 27.4 Å². The number of fused-ring (bicyclic) bond motifs is 1. The molecule has 3 nitrogen and oxygen atoms in total. The van der Waals surface area contributed by atoms with Crippen molar-refractivity contribution < 1.29 is 14.3 Å². The van der Waals surface area contributed by atoms with Gasteiger partial charge in [-0.05, 0) is 30.3 Å². The molecule has 3 rings (SSSR count). The number of aromatic carboxylic acids is 1. The molecule has 0 unspecified atom stereocenters. The van der Waals surface area contributed by atoms with Crippen LogP contribution in [-0.2, 0) is 0 Å². The van der Waals surface area contributed by atoms with E-state index in [9.17, 15) is 9.18 Å². The van der Waals surface area contributed by atoms with Gasteiger partial charge in [0.1, 0.15) is 5.82 Å². The largest absolute Gasteiger partial charge is 0.478 e. The number of halogens is 1. The lowest BCUT2D eigenvalue weighted by Gasteiger charge is -1.97. The third-order valence-electron chi connectivity index (χ3n) is 2.77. The van der Waals surface area contributed by atoms with Gasteiger partial charge in [0.25, 0.3) is 0 Å². The van der Waals surface area contributed by atoms with Crippen LogP contribution in [0.4, 0.5) is 4.39 Å². The quantitative estimate of drug-likeness (QED) is 0.772. The average Bonchev–Trinajstić information content (AvgIpc) is 2.84. The van der Waals surface area contributed by atoms with Crippen molar-refractivity contribution in [3.63, 3.8) is 0 Å². The fraction of sp³-hybridized carbons (Fsp3) is 0. The minimum Gasteiger partial charge on any atom is -0.478 e. The monoisotopic (exact) mass is 273 g/mol. The molecule has 1 N–H and O–H groups in total. The molecule has 0 amide bonds. The Morgan fingerprint density at radius 2 is 2.11 bits per heavy atom. The van der Waals surface area contributed by atoms with Gasteiger partial charge >= 0.3 is 5.97 Å². The maximum atomic E-state index is 13.6. The van der Waals surface area contributed by atoms with Crippen LogP contribution in [0.15, 0.2) is 42.6 Å². The summed E-state index contributed by atoms with van der Waals surface area (Å²) < 4.78 is 14.4. The Morgan fingerprint density at radius 1 is 1.26 bits per heavy atom. The van der Waals surface area contributed by atoms with Crippen molar-refractivity contribution in [2.75, 3.05) is 0 Å². The van der Waals surface area contributed by atoms with Gasteiger partial charge in [-0.15, -0.1) is 11.3 Å². The minimum atomic E-state index is -1.00. The number of benzene rings is 1. The molecule has 2 aromatic heterocycles.